The van der Waals surface area contributed by atoms with Crippen LogP contribution < -0.4 is 5.73 Å². The summed E-state index contributed by atoms with van der Waals surface area (Å²) in [5.74, 6) is -3.16. The Morgan fingerprint density at radius 2 is 2.00 bits per heavy atom. The van der Waals surface area contributed by atoms with Crippen molar-refractivity contribution < 1.29 is 17.6 Å². The van der Waals surface area contributed by atoms with Crippen LogP contribution in [-0.4, -0.2) is 4.98 Å². The molecule has 2 nitrogen and oxygen atoms in total. The van der Waals surface area contributed by atoms with Gasteiger partial charge in [0.05, 0.1) is 5.56 Å². The first-order chi connectivity index (χ1) is 6.07. The molecule has 0 unspecified atom stereocenters. The van der Waals surface area contributed by atoms with Gasteiger partial charge in [-0.15, -0.1) is 0 Å². The molecule has 0 aliphatic rings. The van der Waals surface area contributed by atoms with E-state index in [2.05, 4.69) is 4.98 Å². The molecule has 0 spiro atoms. The second-order valence-corrected chi connectivity index (χ2v) is 2.31. The van der Waals surface area contributed by atoms with E-state index in [4.69, 9.17) is 5.73 Å². The van der Waals surface area contributed by atoms with Crippen molar-refractivity contribution in [2.24, 2.45) is 5.73 Å². The normalized spacial score (nSPS) is 10.9. The molecular formula is C7H6F4N2. The molecule has 0 amide bonds. The lowest BCUT2D eigenvalue weighted by atomic mass is 10.1. The van der Waals surface area contributed by atoms with E-state index in [1.165, 1.54) is 0 Å². The molecule has 0 bridgehead atoms. The van der Waals surface area contributed by atoms with Crippen molar-refractivity contribution >= 4 is 0 Å². The first kappa shape index (κ1) is 9.91. The highest BCUT2D eigenvalue weighted by Gasteiger charge is 2.21. The van der Waals surface area contributed by atoms with Gasteiger partial charge in [-0.05, 0) is 5.56 Å². The van der Waals surface area contributed by atoms with Gasteiger partial charge in [0.15, 0.2) is 5.82 Å². The summed E-state index contributed by atoms with van der Waals surface area (Å²) in [5.41, 5.74) is 3.85. The van der Waals surface area contributed by atoms with Crippen molar-refractivity contribution in [1.29, 1.82) is 0 Å². The number of hydrogen-bond donors (Lipinski definition) is 1. The van der Waals surface area contributed by atoms with Gasteiger partial charge in [0.2, 0.25) is 5.95 Å². The van der Waals surface area contributed by atoms with E-state index >= 15 is 0 Å². The van der Waals surface area contributed by atoms with Gasteiger partial charge in [-0.2, -0.15) is 4.39 Å². The Hall–Kier alpha value is -1.17. The maximum Gasteiger partial charge on any atom is 0.267 e. The SMILES string of the molecule is NCc1cnc(F)c(F)c1C(F)F. The third-order valence-electron chi connectivity index (χ3n) is 1.54. The van der Waals surface area contributed by atoms with Crippen molar-refractivity contribution in [2.75, 3.05) is 0 Å². The molecule has 1 rings (SSSR count). The van der Waals surface area contributed by atoms with Gasteiger partial charge in [-0.25, -0.2) is 18.2 Å². The van der Waals surface area contributed by atoms with E-state index in [9.17, 15) is 17.6 Å². The van der Waals surface area contributed by atoms with Crippen molar-refractivity contribution in [3.8, 4) is 0 Å². The Labute approximate surface area is 71.4 Å². The van der Waals surface area contributed by atoms with Gasteiger partial charge >= 0.3 is 0 Å². The lowest BCUT2D eigenvalue weighted by Gasteiger charge is -2.07. The Kier molecular flexibility index (Phi) is 2.82. The van der Waals surface area contributed by atoms with Crippen LogP contribution in [0.2, 0.25) is 0 Å². The number of nitrogens with zero attached hydrogens (tertiary/aromatic N) is 1. The van der Waals surface area contributed by atoms with Gasteiger partial charge in [0.25, 0.3) is 6.43 Å². The standard InChI is InChI=1S/C7H6F4N2/c8-5-4(6(9)10)3(1-12)2-13-7(5)11/h2,6H,1,12H2. The minimum atomic E-state index is -3.09. The van der Waals surface area contributed by atoms with E-state index in [1.54, 1.807) is 0 Å². The molecule has 1 heterocycles. The zero-order valence-electron chi connectivity index (χ0n) is 6.40. The fourth-order valence-electron chi connectivity index (χ4n) is 0.911. The van der Waals surface area contributed by atoms with Crippen LogP contribution in [0.15, 0.2) is 6.20 Å². The first-order valence-electron chi connectivity index (χ1n) is 3.39. The number of hydrogen-bond acceptors (Lipinski definition) is 2. The molecule has 13 heavy (non-hydrogen) atoms. The summed E-state index contributed by atoms with van der Waals surface area (Å²) in [4.78, 5) is 2.94. The molecule has 0 aliphatic carbocycles. The van der Waals surface area contributed by atoms with Gasteiger partial charge in [-0.1, -0.05) is 0 Å². The molecule has 2 N–H and O–H groups in total. The minimum absolute atomic E-state index is 0.186. The van der Waals surface area contributed by atoms with Crippen LogP contribution >= 0.6 is 0 Å². The van der Waals surface area contributed by atoms with Crippen LogP contribution in [0.4, 0.5) is 17.6 Å². The van der Waals surface area contributed by atoms with E-state index < -0.39 is 23.8 Å². The molecule has 0 radical (unpaired) electrons. The number of nitrogens with two attached hydrogens (primary N) is 1. The Balaban J connectivity index is 3.32. The highest BCUT2D eigenvalue weighted by Crippen LogP contribution is 2.26. The number of rotatable bonds is 2. The Morgan fingerprint density at radius 3 is 2.46 bits per heavy atom. The van der Waals surface area contributed by atoms with E-state index in [0.717, 1.165) is 6.20 Å². The molecule has 0 saturated heterocycles. The summed E-state index contributed by atoms with van der Waals surface area (Å²) in [6, 6.07) is 0. The minimum Gasteiger partial charge on any atom is -0.326 e. The summed E-state index contributed by atoms with van der Waals surface area (Å²) in [6.45, 7) is -0.302. The maximum atomic E-state index is 12.7. The molecule has 0 fully saturated rings. The summed E-state index contributed by atoms with van der Waals surface area (Å²) in [5, 5.41) is 0. The highest BCUT2D eigenvalue weighted by molar-refractivity contribution is 5.26. The fraction of sp³-hybridized carbons (Fsp3) is 0.286. The Morgan fingerprint density at radius 1 is 1.38 bits per heavy atom. The van der Waals surface area contributed by atoms with Crippen molar-refractivity contribution in [1.82, 2.24) is 4.98 Å². The van der Waals surface area contributed by atoms with Crippen LogP contribution in [0.5, 0.6) is 0 Å². The van der Waals surface area contributed by atoms with Gasteiger partial charge in [0.1, 0.15) is 0 Å². The quantitative estimate of drug-likeness (QED) is 0.575. The van der Waals surface area contributed by atoms with Crippen LogP contribution in [-0.2, 0) is 6.54 Å². The number of aromatic nitrogens is 1. The van der Waals surface area contributed by atoms with Crippen molar-refractivity contribution in [2.45, 2.75) is 13.0 Å². The molecule has 1 aromatic rings. The van der Waals surface area contributed by atoms with Gasteiger partial charge in [0, 0.05) is 12.7 Å². The van der Waals surface area contributed by atoms with E-state index in [1.807, 2.05) is 0 Å². The smallest absolute Gasteiger partial charge is 0.267 e. The molecular weight excluding hydrogens is 188 g/mol. The van der Waals surface area contributed by atoms with Crippen molar-refractivity contribution in [3.63, 3.8) is 0 Å². The molecule has 1 aromatic heterocycles. The van der Waals surface area contributed by atoms with Crippen molar-refractivity contribution in [3.05, 3.63) is 29.1 Å². The number of pyridine rings is 1. The van der Waals surface area contributed by atoms with Crippen LogP contribution in [0.25, 0.3) is 0 Å². The molecule has 0 atom stereocenters. The van der Waals surface area contributed by atoms with Crippen LogP contribution in [0, 0.1) is 11.8 Å². The summed E-state index contributed by atoms with van der Waals surface area (Å²) >= 11 is 0. The number of halogens is 4. The van der Waals surface area contributed by atoms with Crippen LogP contribution in [0.3, 0.4) is 0 Å². The predicted octanol–water partition coefficient (Wildman–Crippen LogP) is 1.76. The molecule has 0 aliphatic heterocycles. The lowest BCUT2D eigenvalue weighted by Crippen LogP contribution is -2.08. The first-order valence-corrected chi connectivity index (χ1v) is 3.39. The fourth-order valence-corrected chi connectivity index (χ4v) is 0.911. The van der Waals surface area contributed by atoms with Gasteiger partial charge < -0.3 is 5.73 Å². The van der Waals surface area contributed by atoms with Gasteiger partial charge in [-0.3, -0.25) is 0 Å². The van der Waals surface area contributed by atoms with E-state index in [0.29, 0.717) is 0 Å². The topological polar surface area (TPSA) is 38.9 Å². The molecule has 72 valence electrons. The Bertz CT molecular complexity index is 314. The van der Waals surface area contributed by atoms with Crippen LogP contribution in [0.1, 0.15) is 17.6 Å². The summed E-state index contributed by atoms with van der Waals surface area (Å²) in [6.07, 6.45) is -2.28. The zero-order valence-corrected chi connectivity index (χ0v) is 6.40. The maximum absolute atomic E-state index is 12.7. The molecule has 6 heteroatoms. The molecule has 0 aromatic carbocycles. The third-order valence-corrected chi connectivity index (χ3v) is 1.54. The second kappa shape index (κ2) is 3.69. The zero-order chi connectivity index (χ0) is 10.0. The average molecular weight is 194 g/mol. The molecule has 0 saturated carbocycles. The monoisotopic (exact) mass is 194 g/mol. The second-order valence-electron chi connectivity index (χ2n) is 2.31. The average Bonchev–Trinajstić information content (AvgIpc) is 2.08. The predicted molar refractivity (Wildman–Crippen MR) is 37.0 cm³/mol. The third kappa shape index (κ3) is 1.77. The number of alkyl halides is 2. The summed E-state index contributed by atoms with van der Waals surface area (Å²) in [7, 11) is 0. The lowest BCUT2D eigenvalue weighted by molar-refractivity contribution is 0.143. The summed E-state index contributed by atoms with van der Waals surface area (Å²) < 4.78 is 49.5. The van der Waals surface area contributed by atoms with E-state index in [-0.39, 0.29) is 12.1 Å². The largest absolute Gasteiger partial charge is 0.326 e. The highest BCUT2D eigenvalue weighted by atomic mass is 19.3.